The van der Waals surface area contributed by atoms with Gasteiger partial charge in [-0.2, -0.15) is 0 Å². The maximum atomic E-state index is 6.48. The Morgan fingerprint density at radius 2 is 2.00 bits per heavy atom. The lowest BCUT2D eigenvalue weighted by molar-refractivity contribution is 0.540. The second-order valence-electron chi connectivity index (χ2n) is 6.80. The van der Waals surface area contributed by atoms with E-state index >= 15 is 0 Å². The van der Waals surface area contributed by atoms with Gasteiger partial charge in [0, 0.05) is 20.1 Å². The molecule has 0 unspecified atom stereocenters. The summed E-state index contributed by atoms with van der Waals surface area (Å²) in [6.45, 7) is 7.53. The highest BCUT2D eigenvalue weighted by molar-refractivity contribution is 6.33. The van der Waals surface area contributed by atoms with Crippen LogP contribution in [0.2, 0.25) is 5.02 Å². The smallest absolute Gasteiger partial charge is 0.0642 e. The molecule has 1 aliphatic rings. The highest BCUT2D eigenvalue weighted by atomic mass is 35.5. The lowest BCUT2D eigenvalue weighted by Crippen LogP contribution is -2.27. The molecule has 0 bridgehead atoms. The van der Waals surface area contributed by atoms with Gasteiger partial charge in [-0.15, -0.1) is 0 Å². The molecule has 1 saturated carbocycles. The second-order valence-corrected chi connectivity index (χ2v) is 7.21. The first-order valence-electron chi connectivity index (χ1n) is 8.27. The second kappa shape index (κ2) is 8.05. The van der Waals surface area contributed by atoms with Gasteiger partial charge in [-0.05, 0) is 42.9 Å². The standard InChI is InChI=1S/C18H29ClN2/c1-14(2)11-20-12-16-9-6-10-17(19)18(16)21(3)13-15-7-4-5-8-15/h6,9-10,14-15,20H,4-5,7-8,11-13H2,1-3H3. The molecule has 1 aromatic rings. The van der Waals surface area contributed by atoms with Crippen molar-refractivity contribution in [3.05, 3.63) is 28.8 Å². The minimum absolute atomic E-state index is 0.670. The van der Waals surface area contributed by atoms with E-state index in [2.05, 4.69) is 43.2 Å². The van der Waals surface area contributed by atoms with Crippen molar-refractivity contribution >= 4 is 17.3 Å². The molecule has 0 saturated heterocycles. The maximum absolute atomic E-state index is 6.48. The average molecular weight is 309 g/mol. The molecule has 0 spiro atoms. The Balaban J connectivity index is 2.04. The van der Waals surface area contributed by atoms with Crippen LogP contribution in [-0.2, 0) is 6.54 Å². The zero-order chi connectivity index (χ0) is 15.2. The number of nitrogens with one attached hydrogen (secondary N) is 1. The monoisotopic (exact) mass is 308 g/mol. The number of rotatable bonds is 7. The molecular weight excluding hydrogens is 280 g/mol. The summed E-state index contributed by atoms with van der Waals surface area (Å²) < 4.78 is 0. The van der Waals surface area contributed by atoms with Gasteiger partial charge in [-0.3, -0.25) is 0 Å². The molecule has 2 rings (SSSR count). The van der Waals surface area contributed by atoms with Crippen LogP contribution in [0.5, 0.6) is 0 Å². The van der Waals surface area contributed by atoms with Crippen molar-refractivity contribution in [3.8, 4) is 0 Å². The molecule has 2 nitrogen and oxygen atoms in total. The molecule has 3 heteroatoms. The van der Waals surface area contributed by atoms with Crippen LogP contribution in [0.4, 0.5) is 5.69 Å². The van der Waals surface area contributed by atoms with Gasteiger partial charge in [-0.1, -0.05) is 50.4 Å². The molecule has 0 heterocycles. The molecule has 0 atom stereocenters. The topological polar surface area (TPSA) is 15.3 Å². The van der Waals surface area contributed by atoms with Crippen LogP contribution >= 0.6 is 11.6 Å². The van der Waals surface area contributed by atoms with Gasteiger partial charge in [0.15, 0.2) is 0 Å². The molecular formula is C18H29ClN2. The summed E-state index contributed by atoms with van der Waals surface area (Å²) in [5.41, 5.74) is 2.52. The summed E-state index contributed by atoms with van der Waals surface area (Å²) in [5.74, 6) is 1.51. The van der Waals surface area contributed by atoms with Crippen molar-refractivity contribution in [2.24, 2.45) is 11.8 Å². The Hall–Kier alpha value is -0.730. The normalized spacial score (nSPS) is 15.9. The maximum Gasteiger partial charge on any atom is 0.0642 e. The third kappa shape index (κ3) is 4.89. The molecule has 1 fully saturated rings. The Bertz CT molecular complexity index is 439. The molecule has 118 valence electrons. The largest absolute Gasteiger partial charge is 0.373 e. The van der Waals surface area contributed by atoms with Crippen LogP contribution in [0.3, 0.4) is 0 Å². The minimum atomic E-state index is 0.670. The number of para-hydroxylation sites is 1. The molecule has 0 aliphatic heterocycles. The quantitative estimate of drug-likeness (QED) is 0.784. The Morgan fingerprint density at radius 1 is 1.29 bits per heavy atom. The van der Waals surface area contributed by atoms with Gasteiger partial charge in [-0.25, -0.2) is 0 Å². The van der Waals surface area contributed by atoms with E-state index < -0.39 is 0 Å². The van der Waals surface area contributed by atoms with Crippen LogP contribution in [0.25, 0.3) is 0 Å². The van der Waals surface area contributed by atoms with Gasteiger partial charge < -0.3 is 10.2 Å². The number of benzene rings is 1. The highest BCUT2D eigenvalue weighted by Gasteiger charge is 2.19. The first-order valence-corrected chi connectivity index (χ1v) is 8.65. The fourth-order valence-corrected chi connectivity index (χ4v) is 3.64. The third-order valence-corrected chi connectivity index (χ3v) is 4.63. The molecule has 1 aromatic carbocycles. The van der Waals surface area contributed by atoms with Gasteiger partial charge in [0.05, 0.1) is 10.7 Å². The van der Waals surface area contributed by atoms with Crippen LogP contribution in [0.15, 0.2) is 18.2 Å². The van der Waals surface area contributed by atoms with E-state index in [-0.39, 0.29) is 0 Å². The fraction of sp³-hybridized carbons (Fsp3) is 0.667. The lowest BCUT2D eigenvalue weighted by Gasteiger charge is -2.27. The van der Waals surface area contributed by atoms with E-state index in [9.17, 15) is 0 Å². The van der Waals surface area contributed by atoms with Gasteiger partial charge in [0.2, 0.25) is 0 Å². The van der Waals surface area contributed by atoms with Gasteiger partial charge in [0.1, 0.15) is 0 Å². The highest BCUT2D eigenvalue weighted by Crippen LogP contribution is 2.32. The number of halogens is 1. The minimum Gasteiger partial charge on any atom is -0.373 e. The average Bonchev–Trinajstić information content (AvgIpc) is 2.91. The molecule has 0 radical (unpaired) electrons. The van der Waals surface area contributed by atoms with Crippen molar-refractivity contribution in [1.82, 2.24) is 5.32 Å². The molecule has 0 aromatic heterocycles. The predicted octanol–water partition coefficient (Wildman–Crippen LogP) is 4.71. The first kappa shape index (κ1) is 16.6. The molecule has 1 N–H and O–H groups in total. The molecule has 21 heavy (non-hydrogen) atoms. The summed E-state index contributed by atoms with van der Waals surface area (Å²) >= 11 is 6.48. The summed E-state index contributed by atoms with van der Waals surface area (Å²) in [6, 6.07) is 6.26. The Kier molecular flexibility index (Phi) is 6.38. The van der Waals surface area contributed by atoms with Crippen LogP contribution in [0.1, 0.15) is 45.1 Å². The van der Waals surface area contributed by atoms with Crippen molar-refractivity contribution in [2.45, 2.75) is 46.1 Å². The third-order valence-electron chi connectivity index (χ3n) is 4.33. The van der Waals surface area contributed by atoms with Gasteiger partial charge in [0.25, 0.3) is 0 Å². The predicted molar refractivity (Wildman–Crippen MR) is 93.2 cm³/mol. The number of nitrogens with zero attached hydrogens (tertiary/aromatic N) is 1. The molecule has 0 amide bonds. The van der Waals surface area contributed by atoms with Crippen LogP contribution in [-0.4, -0.2) is 20.1 Å². The number of hydrogen-bond acceptors (Lipinski definition) is 2. The Morgan fingerprint density at radius 3 is 2.67 bits per heavy atom. The zero-order valence-corrected chi connectivity index (χ0v) is 14.4. The van der Waals surface area contributed by atoms with Crippen molar-refractivity contribution in [3.63, 3.8) is 0 Å². The SMILES string of the molecule is CC(C)CNCc1cccc(Cl)c1N(C)CC1CCCC1. The van der Waals surface area contributed by atoms with Crippen LogP contribution < -0.4 is 10.2 Å². The summed E-state index contributed by atoms with van der Waals surface area (Å²) in [5, 5.41) is 4.41. The first-order chi connectivity index (χ1) is 10.1. The lowest BCUT2D eigenvalue weighted by atomic mass is 10.1. The van der Waals surface area contributed by atoms with Gasteiger partial charge >= 0.3 is 0 Å². The van der Waals surface area contributed by atoms with Crippen molar-refractivity contribution < 1.29 is 0 Å². The zero-order valence-electron chi connectivity index (χ0n) is 13.7. The van der Waals surface area contributed by atoms with Crippen molar-refractivity contribution in [1.29, 1.82) is 0 Å². The van der Waals surface area contributed by atoms with E-state index in [4.69, 9.17) is 11.6 Å². The van der Waals surface area contributed by atoms with E-state index in [1.807, 2.05) is 6.07 Å². The summed E-state index contributed by atoms with van der Waals surface area (Å²) in [7, 11) is 2.19. The number of anilines is 1. The van der Waals surface area contributed by atoms with E-state index in [1.165, 1.54) is 36.9 Å². The van der Waals surface area contributed by atoms with E-state index in [0.717, 1.165) is 30.6 Å². The van der Waals surface area contributed by atoms with Crippen molar-refractivity contribution in [2.75, 3.05) is 25.0 Å². The Labute approximate surface area is 134 Å². The molecule has 1 aliphatic carbocycles. The van der Waals surface area contributed by atoms with E-state index in [1.54, 1.807) is 0 Å². The summed E-state index contributed by atoms with van der Waals surface area (Å²) in [6.07, 6.45) is 5.53. The van der Waals surface area contributed by atoms with Crippen LogP contribution in [0, 0.1) is 11.8 Å². The summed E-state index contributed by atoms with van der Waals surface area (Å²) in [4.78, 5) is 2.37. The fourth-order valence-electron chi connectivity index (χ4n) is 3.30. The van der Waals surface area contributed by atoms with E-state index in [0.29, 0.717) is 5.92 Å². The number of hydrogen-bond donors (Lipinski definition) is 1.